The summed E-state index contributed by atoms with van der Waals surface area (Å²) in [5.41, 5.74) is 7.98. The first-order valence-corrected chi connectivity index (χ1v) is 12.3. The quantitative estimate of drug-likeness (QED) is 0.258. The minimum Gasteiger partial charge on any atom is -0.481 e. The van der Waals surface area contributed by atoms with Crippen LogP contribution in [0, 0.1) is 13.8 Å². The zero-order valence-corrected chi connectivity index (χ0v) is 21.9. The van der Waals surface area contributed by atoms with Gasteiger partial charge in [-0.2, -0.15) is 0 Å². The highest BCUT2D eigenvalue weighted by molar-refractivity contribution is 6.36. The molecule has 7 nitrogen and oxygen atoms in total. The van der Waals surface area contributed by atoms with E-state index in [0.29, 0.717) is 29.1 Å². The number of ether oxygens (including phenoxy) is 1. The van der Waals surface area contributed by atoms with Crippen LogP contribution in [-0.2, 0) is 6.54 Å². The zero-order chi connectivity index (χ0) is 25.9. The smallest absolute Gasteiger partial charge is 0.218 e. The van der Waals surface area contributed by atoms with Gasteiger partial charge in [0.25, 0.3) is 0 Å². The monoisotopic (exact) mass is 510 g/mol. The van der Waals surface area contributed by atoms with Crippen molar-refractivity contribution in [3.63, 3.8) is 0 Å². The van der Waals surface area contributed by atoms with E-state index in [1.54, 1.807) is 13.3 Å². The van der Waals surface area contributed by atoms with E-state index >= 15 is 0 Å². The Kier molecular flexibility index (Phi) is 6.99. The summed E-state index contributed by atoms with van der Waals surface area (Å²) in [5, 5.41) is 7.24. The Bertz CT molecular complexity index is 1600. The molecule has 0 aliphatic rings. The Balaban J connectivity index is 1.55. The molecule has 0 bridgehead atoms. The van der Waals surface area contributed by atoms with Gasteiger partial charge >= 0.3 is 0 Å². The Morgan fingerprint density at radius 2 is 1.65 bits per heavy atom. The molecule has 0 spiro atoms. The van der Waals surface area contributed by atoms with Crippen LogP contribution in [-0.4, -0.2) is 34.1 Å². The third-order valence-electron chi connectivity index (χ3n) is 6.22. The molecule has 3 aromatic heterocycles. The lowest BCUT2D eigenvalue weighted by molar-refractivity contribution is 0.392. The van der Waals surface area contributed by atoms with E-state index in [9.17, 15) is 0 Å². The van der Waals surface area contributed by atoms with E-state index in [4.69, 9.17) is 21.3 Å². The summed E-state index contributed by atoms with van der Waals surface area (Å²) in [6.07, 6.45) is 1.75. The molecule has 2 aromatic carbocycles. The molecule has 0 atom stereocenters. The van der Waals surface area contributed by atoms with Crippen molar-refractivity contribution in [1.82, 2.24) is 25.3 Å². The third kappa shape index (κ3) is 4.83. The number of rotatable bonds is 7. The Hall–Kier alpha value is -4.07. The average molecular weight is 511 g/mol. The molecule has 5 aromatic rings. The second-order valence-corrected chi connectivity index (χ2v) is 9.03. The molecule has 0 amide bonds. The molecule has 0 saturated carbocycles. The van der Waals surface area contributed by atoms with Gasteiger partial charge in [-0.1, -0.05) is 48.0 Å². The number of aryl methyl sites for hydroxylation is 1. The Labute approximate surface area is 221 Å². The molecule has 8 heteroatoms. The van der Waals surface area contributed by atoms with Crippen LogP contribution in [0.25, 0.3) is 33.4 Å². The molecule has 0 fully saturated rings. The summed E-state index contributed by atoms with van der Waals surface area (Å²) in [7, 11) is 3.52. The Morgan fingerprint density at radius 1 is 0.865 bits per heavy atom. The first-order chi connectivity index (χ1) is 18.0. The number of nitrogens with zero attached hydrogens (tertiary/aromatic N) is 4. The van der Waals surface area contributed by atoms with Gasteiger partial charge in [-0.25, -0.2) is 15.0 Å². The summed E-state index contributed by atoms with van der Waals surface area (Å²) in [4.78, 5) is 18.3. The predicted octanol–water partition coefficient (Wildman–Crippen LogP) is 6.50. The first kappa shape index (κ1) is 24.6. The highest BCUT2D eigenvalue weighted by atomic mass is 35.5. The molecule has 0 aliphatic heterocycles. The Morgan fingerprint density at radius 3 is 2.46 bits per heavy atom. The highest BCUT2D eigenvalue weighted by Crippen LogP contribution is 2.39. The van der Waals surface area contributed by atoms with Crippen molar-refractivity contribution in [2.45, 2.75) is 20.4 Å². The number of anilines is 2. The lowest BCUT2D eigenvalue weighted by atomic mass is 9.96. The van der Waals surface area contributed by atoms with E-state index in [-0.39, 0.29) is 0 Å². The zero-order valence-electron chi connectivity index (χ0n) is 21.1. The van der Waals surface area contributed by atoms with Crippen molar-refractivity contribution in [3.05, 3.63) is 88.8 Å². The number of aromatic nitrogens is 4. The molecule has 5 rings (SSSR count). The second-order valence-electron chi connectivity index (χ2n) is 8.66. The van der Waals surface area contributed by atoms with Crippen LogP contribution in [0.2, 0.25) is 5.02 Å². The van der Waals surface area contributed by atoms with Crippen LogP contribution in [0.1, 0.15) is 17.0 Å². The van der Waals surface area contributed by atoms with Crippen LogP contribution in [0.3, 0.4) is 0 Å². The largest absolute Gasteiger partial charge is 0.481 e. The van der Waals surface area contributed by atoms with Crippen molar-refractivity contribution in [1.29, 1.82) is 0 Å². The number of hydrogen-bond acceptors (Lipinski definition) is 7. The first-order valence-electron chi connectivity index (χ1n) is 11.9. The maximum Gasteiger partial charge on any atom is 0.218 e. The number of pyridine rings is 2. The van der Waals surface area contributed by atoms with Gasteiger partial charge in [-0.15, -0.1) is 0 Å². The van der Waals surface area contributed by atoms with Crippen molar-refractivity contribution in [3.8, 4) is 28.3 Å². The summed E-state index contributed by atoms with van der Waals surface area (Å²) in [5.74, 6) is 1.93. The van der Waals surface area contributed by atoms with Gasteiger partial charge < -0.3 is 15.4 Å². The van der Waals surface area contributed by atoms with Crippen LogP contribution in [0.15, 0.2) is 66.9 Å². The minimum atomic E-state index is 0.580. The number of fused-ring (bicyclic) bond motifs is 1. The lowest BCUT2D eigenvalue weighted by Crippen LogP contribution is -2.07. The second kappa shape index (κ2) is 10.5. The summed E-state index contributed by atoms with van der Waals surface area (Å²) in [6.45, 7) is 4.61. The molecule has 0 aliphatic carbocycles. The number of hydrogen-bond donors (Lipinski definition) is 2. The topological polar surface area (TPSA) is 84.9 Å². The fourth-order valence-electron chi connectivity index (χ4n) is 4.42. The van der Waals surface area contributed by atoms with E-state index in [0.717, 1.165) is 50.2 Å². The molecule has 0 unspecified atom stereocenters. The van der Waals surface area contributed by atoms with Crippen molar-refractivity contribution >= 4 is 34.1 Å². The molecule has 2 N–H and O–H groups in total. The summed E-state index contributed by atoms with van der Waals surface area (Å²) in [6, 6.07) is 19.9. The van der Waals surface area contributed by atoms with Crippen molar-refractivity contribution in [2.24, 2.45) is 0 Å². The molecule has 37 heavy (non-hydrogen) atoms. The summed E-state index contributed by atoms with van der Waals surface area (Å²) >= 11 is 7.01. The van der Waals surface area contributed by atoms with Crippen LogP contribution in [0.4, 0.5) is 11.5 Å². The molecule has 3 heterocycles. The van der Waals surface area contributed by atoms with Crippen molar-refractivity contribution < 1.29 is 4.74 Å². The van der Waals surface area contributed by atoms with Crippen LogP contribution in [0.5, 0.6) is 5.88 Å². The van der Waals surface area contributed by atoms with E-state index < -0.39 is 0 Å². The van der Waals surface area contributed by atoms with E-state index in [2.05, 4.69) is 38.6 Å². The van der Waals surface area contributed by atoms with Gasteiger partial charge in [0.2, 0.25) is 5.88 Å². The van der Waals surface area contributed by atoms with Gasteiger partial charge in [0.05, 0.1) is 23.3 Å². The van der Waals surface area contributed by atoms with Crippen LogP contribution < -0.4 is 15.4 Å². The predicted molar refractivity (Wildman–Crippen MR) is 150 cm³/mol. The fraction of sp³-hybridized carbons (Fsp3) is 0.172. The average Bonchev–Trinajstić information content (AvgIpc) is 2.90. The summed E-state index contributed by atoms with van der Waals surface area (Å²) < 4.78 is 5.53. The fourth-order valence-corrected chi connectivity index (χ4v) is 4.74. The van der Waals surface area contributed by atoms with Gasteiger partial charge in [0.15, 0.2) is 5.82 Å². The molecular formula is C29H27ClN6O. The molecular weight excluding hydrogens is 484 g/mol. The van der Waals surface area contributed by atoms with Gasteiger partial charge in [-0.3, -0.25) is 4.98 Å². The third-order valence-corrected chi connectivity index (χ3v) is 6.63. The number of nitrogens with one attached hydrogen (secondary N) is 2. The normalized spacial score (nSPS) is 11.1. The van der Waals surface area contributed by atoms with E-state index in [1.807, 2.05) is 68.6 Å². The van der Waals surface area contributed by atoms with Gasteiger partial charge in [0, 0.05) is 35.1 Å². The lowest BCUT2D eigenvalue weighted by Gasteiger charge is -2.17. The van der Waals surface area contributed by atoms with Crippen LogP contribution >= 0.6 is 11.6 Å². The molecule has 0 radical (unpaired) electrons. The van der Waals surface area contributed by atoms with Crippen molar-refractivity contribution in [2.75, 3.05) is 19.5 Å². The number of halogens is 1. The maximum atomic E-state index is 7.01. The SMILES string of the molecule is CNCc1ccc(-c2cccc(-c3cccc(Nc4nc(C)nc5cccnc45)c3C)c2Cl)nc1OC. The van der Waals surface area contributed by atoms with E-state index in [1.165, 1.54) is 0 Å². The van der Waals surface area contributed by atoms with Gasteiger partial charge in [-0.05, 0) is 56.3 Å². The number of methoxy groups -OCH3 is 1. The molecule has 0 saturated heterocycles. The highest BCUT2D eigenvalue weighted by Gasteiger charge is 2.16. The standard InChI is InChI=1S/C29H27ClN6O/c1-17-20(8-6-11-23(17)35-28-27-25(12-7-15-32-27)33-18(2)34-28)21-9-5-10-22(26(21)30)24-14-13-19(16-31-3)29(36-24)37-4/h5-15,31H,16H2,1-4H3,(H,33,34,35). The molecule has 186 valence electrons. The van der Waals surface area contributed by atoms with Gasteiger partial charge in [0.1, 0.15) is 11.3 Å². The minimum absolute atomic E-state index is 0.580. The maximum absolute atomic E-state index is 7.01. The number of benzene rings is 2.